The molecule has 0 amide bonds. The molecule has 2 aromatic rings. The highest BCUT2D eigenvalue weighted by atomic mass is 35.5. The van der Waals surface area contributed by atoms with Crippen LogP contribution in [0.3, 0.4) is 0 Å². The number of halogens is 1. The molecule has 0 aliphatic heterocycles. The fraction of sp³-hybridized carbons (Fsp3) is 0.133. The number of hydrogen-bond acceptors (Lipinski definition) is 5. The normalized spacial score (nSPS) is 11.2. The highest BCUT2D eigenvalue weighted by Crippen LogP contribution is 2.36. The Bertz CT molecular complexity index is 816. The molecule has 7 heteroatoms. The highest BCUT2D eigenvalue weighted by molar-refractivity contribution is 7.99. The quantitative estimate of drug-likeness (QED) is 0.782. The lowest BCUT2D eigenvalue weighted by atomic mass is 10.2. The second-order valence-corrected chi connectivity index (χ2v) is 7.96. The molecule has 0 bridgehead atoms. The zero-order valence-corrected chi connectivity index (χ0v) is 14.3. The van der Waals surface area contributed by atoms with Crippen LogP contribution in [0.1, 0.15) is 10.4 Å². The molecule has 2 rings (SSSR count). The Morgan fingerprint density at radius 2 is 1.82 bits per heavy atom. The van der Waals surface area contributed by atoms with Gasteiger partial charge >= 0.3 is 5.97 Å². The van der Waals surface area contributed by atoms with Crippen LogP contribution in [0.2, 0.25) is 5.02 Å². The maximum absolute atomic E-state index is 11.9. The van der Waals surface area contributed by atoms with Crippen LogP contribution in [0, 0.1) is 0 Å². The van der Waals surface area contributed by atoms with Crippen molar-refractivity contribution < 1.29 is 17.9 Å². The van der Waals surface area contributed by atoms with Crippen LogP contribution in [0.15, 0.2) is 57.2 Å². The maximum Gasteiger partial charge on any atom is 0.339 e. The van der Waals surface area contributed by atoms with Gasteiger partial charge in [0.25, 0.3) is 0 Å². The average molecular weight is 357 g/mol. The van der Waals surface area contributed by atoms with Gasteiger partial charge in [0.05, 0.1) is 22.6 Å². The Morgan fingerprint density at radius 3 is 2.41 bits per heavy atom. The van der Waals surface area contributed by atoms with Crippen molar-refractivity contribution in [2.75, 3.05) is 13.4 Å². The van der Waals surface area contributed by atoms with E-state index in [0.29, 0.717) is 9.92 Å². The second-order valence-electron chi connectivity index (χ2n) is 4.45. The molecule has 0 heterocycles. The largest absolute Gasteiger partial charge is 0.465 e. The van der Waals surface area contributed by atoms with Crippen molar-refractivity contribution in [3.05, 3.63) is 53.1 Å². The topological polar surface area (TPSA) is 60.4 Å². The van der Waals surface area contributed by atoms with Gasteiger partial charge in [0, 0.05) is 16.0 Å². The average Bonchev–Trinajstić information content (AvgIpc) is 2.48. The van der Waals surface area contributed by atoms with E-state index in [0.717, 1.165) is 11.2 Å². The lowest BCUT2D eigenvalue weighted by Gasteiger charge is -2.10. The van der Waals surface area contributed by atoms with Gasteiger partial charge in [-0.05, 0) is 30.3 Å². The maximum atomic E-state index is 11.9. The van der Waals surface area contributed by atoms with E-state index in [4.69, 9.17) is 16.3 Å². The molecular weight excluding hydrogens is 344 g/mol. The molecule has 2 aromatic carbocycles. The Kier molecular flexibility index (Phi) is 5.16. The first kappa shape index (κ1) is 16.9. The molecule has 0 spiro atoms. The highest BCUT2D eigenvalue weighted by Gasteiger charge is 2.18. The van der Waals surface area contributed by atoms with E-state index in [1.54, 1.807) is 18.2 Å². The van der Waals surface area contributed by atoms with Crippen molar-refractivity contribution >= 4 is 39.2 Å². The summed E-state index contributed by atoms with van der Waals surface area (Å²) in [5.74, 6) is -0.597. The molecule has 0 radical (unpaired) electrons. The molecular formula is C15H13ClO4S2. The van der Waals surface area contributed by atoms with Gasteiger partial charge in [0.2, 0.25) is 0 Å². The molecule has 0 N–H and O–H groups in total. The minimum atomic E-state index is -3.41. The lowest BCUT2D eigenvalue weighted by molar-refractivity contribution is 0.0596. The molecule has 0 atom stereocenters. The third-order valence-electron chi connectivity index (χ3n) is 2.84. The summed E-state index contributed by atoms with van der Waals surface area (Å²) in [7, 11) is -2.16. The number of carbonyl (C=O) groups excluding carboxylic acids is 1. The van der Waals surface area contributed by atoms with Crippen molar-refractivity contribution in [3.63, 3.8) is 0 Å². The van der Waals surface area contributed by atoms with E-state index in [1.165, 1.54) is 31.0 Å². The van der Waals surface area contributed by atoms with E-state index in [9.17, 15) is 13.2 Å². The first-order chi connectivity index (χ1) is 10.3. The third kappa shape index (κ3) is 3.82. The summed E-state index contributed by atoms with van der Waals surface area (Å²) in [5.41, 5.74) is 0.190. The minimum Gasteiger partial charge on any atom is -0.465 e. The van der Waals surface area contributed by atoms with Crippen molar-refractivity contribution in [1.82, 2.24) is 0 Å². The smallest absolute Gasteiger partial charge is 0.339 e. The van der Waals surface area contributed by atoms with E-state index in [-0.39, 0.29) is 10.5 Å². The van der Waals surface area contributed by atoms with E-state index >= 15 is 0 Å². The number of carbonyl (C=O) groups is 1. The van der Waals surface area contributed by atoms with Gasteiger partial charge in [-0.2, -0.15) is 0 Å². The van der Waals surface area contributed by atoms with E-state index in [2.05, 4.69) is 0 Å². The third-order valence-corrected chi connectivity index (χ3v) is 5.54. The molecule has 0 fully saturated rings. The molecule has 22 heavy (non-hydrogen) atoms. The molecule has 0 saturated heterocycles. The van der Waals surface area contributed by atoms with Gasteiger partial charge in [-0.25, -0.2) is 13.2 Å². The second kappa shape index (κ2) is 6.73. The van der Waals surface area contributed by atoms with E-state index in [1.807, 2.05) is 12.1 Å². The number of hydrogen-bond donors (Lipinski definition) is 0. The summed E-state index contributed by atoms with van der Waals surface area (Å²) in [4.78, 5) is 13.3. The fourth-order valence-electron chi connectivity index (χ4n) is 1.74. The summed E-state index contributed by atoms with van der Waals surface area (Å²) in [6.45, 7) is 0. The van der Waals surface area contributed by atoms with Crippen molar-refractivity contribution in [1.29, 1.82) is 0 Å². The fourth-order valence-corrected chi connectivity index (χ4v) is 3.58. The molecule has 116 valence electrons. The van der Waals surface area contributed by atoms with Gasteiger partial charge in [0.15, 0.2) is 9.84 Å². The molecule has 0 saturated carbocycles. The Hall–Kier alpha value is -1.50. The van der Waals surface area contributed by atoms with Crippen LogP contribution in [0.25, 0.3) is 0 Å². The van der Waals surface area contributed by atoms with Gasteiger partial charge in [-0.3, -0.25) is 0 Å². The minimum absolute atomic E-state index is 0.0661. The monoisotopic (exact) mass is 356 g/mol. The number of ether oxygens (including phenoxy) is 1. The number of sulfone groups is 1. The summed E-state index contributed by atoms with van der Waals surface area (Å²) in [5, 5.41) is 0.551. The predicted octanol–water partition coefficient (Wildman–Crippen LogP) is 3.68. The zero-order chi connectivity index (χ0) is 16.3. The van der Waals surface area contributed by atoms with Gasteiger partial charge in [0.1, 0.15) is 0 Å². The van der Waals surface area contributed by atoms with Crippen LogP contribution in [-0.2, 0) is 14.6 Å². The van der Waals surface area contributed by atoms with Crippen molar-refractivity contribution in [2.45, 2.75) is 14.7 Å². The number of esters is 1. The van der Waals surface area contributed by atoms with Crippen LogP contribution in [0.4, 0.5) is 0 Å². The predicted molar refractivity (Wildman–Crippen MR) is 86.5 cm³/mol. The Labute approximate surface area is 138 Å². The SMILES string of the molecule is COC(=O)c1cc(S(C)(=O)=O)ccc1Sc1ccccc1Cl. The lowest BCUT2D eigenvalue weighted by Crippen LogP contribution is -2.06. The van der Waals surface area contributed by atoms with E-state index < -0.39 is 15.8 Å². The van der Waals surface area contributed by atoms with Crippen LogP contribution < -0.4 is 0 Å². The first-order valence-electron chi connectivity index (χ1n) is 6.17. The zero-order valence-electron chi connectivity index (χ0n) is 11.9. The van der Waals surface area contributed by atoms with Gasteiger partial charge in [-0.1, -0.05) is 35.5 Å². The first-order valence-corrected chi connectivity index (χ1v) is 9.26. The number of methoxy groups -OCH3 is 1. The molecule has 0 aliphatic rings. The van der Waals surface area contributed by atoms with Crippen molar-refractivity contribution in [3.8, 4) is 0 Å². The Morgan fingerprint density at radius 1 is 1.14 bits per heavy atom. The van der Waals surface area contributed by atoms with Crippen LogP contribution in [-0.4, -0.2) is 27.8 Å². The summed E-state index contributed by atoms with van der Waals surface area (Å²) in [6.07, 6.45) is 1.09. The van der Waals surface area contributed by atoms with Gasteiger partial charge in [-0.15, -0.1) is 0 Å². The summed E-state index contributed by atoms with van der Waals surface area (Å²) < 4.78 is 28.0. The molecule has 4 nitrogen and oxygen atoms in total. The van der Waals surface area contributed by atoms with Crippen LogP contribution in [0.5, 0.6) is 0 Å². The molecule has 0 aromatic heterocycles. The standard InChI is InChI=1S/C15H13ClO4S2/c1-20-15(17)11-9-10(22(2,18)19)7-8-13(11)21-14-6-4-3-5-12(14)16/h3-9H,1-2H3. The number of benzene rings is 2. The molecule has 0 aliphatic carbocycles. The van der Waals surface area contributed by atoms with Crippen LogP contribution >= 0.6 is 23.4 Å². The summed E-state index contributed by atoms with van der Waals surface area (Å²) >= 11 is 7.39. The summed E-state index contributed by atoms with van der Waals surface area (Å²) in [6, 6.07) is 11.6. The van der Waals surface area contributed by atoms with Crippen molar-refractivity contribution in [2.24, 2.45) is 0 Å². The Balaban J connectivity index is 2.51. The molecule has 0 unspecified atom stereocenters. The van der Waals surface area contributed by atoms with Gasteiger partial charge < -0.3 is 4.74 Å². The number of rotatable bonds is 4.